The number of rotatable bonds is 16. The Morgan fingerprint density at radius 2 is 1.53 bits per heavy atom. The van der Waals surface area contributed by atoms with Gasteiger partial charge in [-0.15, -0.1) is 0 Å². The lowest BCUT2D eigenvalue weighted by atomic mass is 10.00. The van der Waals surface area contributed by atoms with Gasteiger partial charge in [-0.05, 0) is 67.6 Å². The Kier molecular flexibility index (Phi) is 12.7. The molecule has 230 valence electrons. The third kappa shape index (κ3) is 9.94. The maximum absolute atomic E-state index is 13.6. The molecular formula is C34H44N4O5. The van der Waals surface area contributed by atoms with Gasteiger partial charge in [0.25, 0.3) is 5.91 Å². The minimum atomic E-state index is -0.742. The molecule has 2 amide bonds. The average Bonchev–Trinajstić information content (AvgIpc) is 2.99. The SMILES string of the molecule is CCCN(CCC)C(=O)c1cc(C(N)=O)cc(C(=O)OC(CNCc2cccc(OC)c2)C(N)Cc2cccc(C)c2)c1. The summed E-state index contributed by atoms with van der Waals surface area (Å²) in [4.78, 5) is 40.8. The number of nitrogens with zero attached hydrogens (tertiary/aromatic N) is 1. The lowest BCUT2D eigenvalue weighted by Crippen LogP contribution is -2.46. The van der Waals surface area contributed by atoms with Crippen molar-refractivity contribution >= 4 is 17.8 Å². The van der Waals surface area contributed by atoms with Crippen molar-refractivity contribution in [2.45, 2.75) is 58.7 Å². The van der Waals surface area contributed by atoms with E-state index in [9.17, 15) is 14.4 Å². The number of primary amides is 1. The lowest BCUT2D eigenvalue weighted by molar-refractivity contribution is 0.0238. The molecule has 3 aromatic rings. The molecule has 0 saturated heterocycles. The minimum Gasteiger partial charge on any atom is -0.497 e. The molecule has 0 aliphatic heterocycles. The molecule has 0 aliphatic carbocycles. The van der Waals surface area contributed by atoms with Crippen molar-refractivity contribution in [2.24, 2.45) is 11.5 Å². The summed E-state index contributed by atoms with van der Waals surface area (Å²) in [6, 6.07) is 19.4. The van der Waals surface area contributed by atoms with Crippen molar-refractivity contribution in [2.75, 3.05) is 26.7 Å². The van der Waals surface area contributed by atoms with E-state index in [1.807, 2.05) is 63.2 Å². The van der Waals surface area contributed by atoms with E-state index >= 15 is 0 Å². The zero-order valence-corrected chi connectivity index (χ0v) is 25.6. The summed E-state index contributed by atoms with van der Waals surface area (Å²) in [5.74, 6) is -0.959. The molecule has 0 saturated carbocycles. The lowest BCUT2D eigenvalue weighted by Gasteiger charge is -2.25. The minimum absolute atomic E-state index is 0.0579. The Labute approximate surface area is 254 Å². The number of aryl methyl sites for hydroxylation is 1. The second kappa shape index (κ2) is 16.4. The van der Waals surface area contributed by atoms with E-state index in [1.54, 1.807) is 12.0 Å². The van der Waals surface area contributed by atoms with Crippen LogP contribution in [0.2, 0.25) is 0 Å². The zero-order valence-electron chi connectivity index (χ0n) is 25.6. The van der Waals surface area contributed by atoms with Gasteiger partial charge in [-0.2, -0.15) is 0 Å². The van der Waals surface area contributed by atoms with Gasteiger partial charge in [0, 0.05) is 43.3 Å². The number of hydrogen-bond acceptors (Lipinski definition) is 7. The highest BCUT2D eigenvalue weighted by Crippen LogP contribution is 2.18. The van der Waals surface area contributed by atoms with E-state index in [4.69, 9.17) is 20.9 Å². The molecule has 0 aliphatic rings. The molecule has 9 heteroatoms. The Balaban J connectivity index is 1.86. The second-order valence-electron chi connectivity index (χ2n) is 10.7. The van der Waals surface area contributed by atoms with Crippen LogP contribution in [0.15, 0.2) is 66.7 Å². The Hall–Kier alpha value is -4.21. The number of nitrogens with two attached hydrogens (primary N) is 2. The number of benzene rings is 3. The molecule has 0 radical (unpaired) electrons. The summed E-state index contributed by atoms with van der Waals surface area (Å²) in [5.41, 5.74) is 15.7. The van der Waals surface area contributed by atoms with Crippen LogP contribution in [0, 0.1) is 6.92 Å². The van der Waals surface area contributed by atoms with E-state index in [0.29, 0.717) is 26.1 Å². The van der Waals surface area contributed by atoms with Gasteiger partial charge >= 0.3 is 5.97 Å². The molecule has 0 heterocycles. The maximum Gasteiger partial charge on any atom is 0.338 e. The predicted molar refractivity (Wildman–Crippen MR) is 168 cm³/mol. The molecule has 9 nitrogen and oxygen atoms in total. The van der Waals surface area contributed by atoms with Gasteiger partial charge in [0.05, 0.1) is 12.7 Å². The van der Waals surface area contributed by atoms with Crippen molar-refractivity contribution < 1.29 is 23.9 Å². The quantitative estimate of drug-likeness (QED) is 0.213. The van der Waals surface area contributed by atoms with Crippen molar-refractivity contribution in [3.8, 4) is 5.75 Å². The summed E-state index contributed by atoms with van der Waals surface area (Å²) < 4.78 is 11.3. The molecule has 2 unspecified atom stereocenters. The highest BCUT2D eigenvalue weighted by molar-refractivity contribution is 6.03. The molecule has 0 fully saturated rings. The average molecular weight is 589 g/mol. The summed E-state index contributed by atoms with van der Waals surface area (Å²) in [7, 11) is 1.61. The van der Waals surface area contributed by atoms with Gasteiger partial charge in [-0.3, -0.25) is 9.59 Å². The number of carbonyl (C=O) groups excluding carboxylic acids is 3. The van der Waals surface area contributed by atoms with Crippen LogP contribution in [0.4, 0.5) is 0 Å². The van der Waals surface area contributed by atoms with Crippen LogP contribution in [0.3, 0.4) is 0 Å². The predicted octanol–water partition coefficient (Wildman–Crippen LogP) is 4.25. The standard InChI is InChI=1S/C34H44N4O5/c1-5-13-38(14-6-2)33(40)27-18-26(32(36)39)19-28(20-27)34(41)43-31(30(35)17-24-10-7-9-23(3)15-24)22-37-21-25-11-8-12-29(16-25)42-4/h7-12,15-16,18-20,30-31,37H,5-6,13-14,17,21-22,35H2,1-4H3,(H2,36,39). The van der Waals surface area contributed by atoms with Crippen molar-refractivity contribution in [3.63, 3.8) is 0 Å². The maximum atomic E-state index is 13.6. The fourth-order valence-electron chi connectivity index (χ4n) is 4.92. The molecule has 3 aromatic carbocycles. The molecule has 0 spiro atoms. The summed E-state index contributed by atoms with van der Waals surface area (Å²) >= 11 is 0. The molecule has 5 N–H and O–H groups in total. The van der Waals surface area contributed by atoms with E-state index in [1.165, 1.54) is 18.2 Å². The summed E-state index contributed by atoms with van der Waals surface area (Å²) in [6.45, 7) is 7.88. The Morgan fingerprint density at radius 1 is 0.884 bits per heavy atom. The first-order valence-electron chi connectivity index (χ1n) is 14.7. The van der Waals surface area contributed by atoms with Crippen LogP contribution in [0.5, 0.6) is 5.75 Å². The van der Waals surface area contributed by atoms with Crippen molar-refractivity contribution in [3.05, 3.63) is 100 Å². The first-order valence-corrected chi connectivity index (χ1v) is 14.7. The van der Waals surface area contributed by atoms with E-state index in [2.05, 4.69) is 11.4 Å². The van der Waals surface area contributed by atoms with Gasteiger partial charge in [-0.1, -0.05) is 55.8 Å². The number of amides is 2. The van der Waals surface area contributed by atoms with Crippen LogP contribution >= 0.6 is 0 Å². The molecule has 0 bridgehead atoms. The first-order chi connectivity index (χ1) is 20.6. The topological polar surface area (TPSA) is 137 Å². The zero-order chi connectivity index (χ0) is 31.4. The van der Waals surface area contributed by atoms with Crippen LogP contribution in [-0.4, -0.2) is 61.6 Å². The van der Waals surface area contributed by atoms with E-state index in [0.717, 1.165) is 35.3 Å². The summed E-state index contributed by atoms with van der Waals surface area (Å²) in [5, 5.41) is 3.34. The smallest absolute Gasteiger partial charge is 0.338 e. The number of nitrogens with one attached hydrogen (secondary N) is 1. The first kappa shape index (κ1) is 33.3. The third-order valence-electron chi connectivity index (χ3n) is 7.07. The normalized spacial score (nSPS) is 12.3. The van der Waals surface area contributed by atoms with Crippen LogP contribution in [-0.2, 0) is 17.7 Å². The highest BCUT2D eigenvalue weighted by Gasteiger charge is 2.25. The molecule has 43 heavy (non-hydrogen) atoms. The van der Waals surface area contributed by atoms with E-state index in [-0.39, 0.29) is 29.1 Å². The monoisotopic (exact) mass is 588 g/mol. The van der Waals surface area contributed by atoms with Gasteiger partial charge in [0.1, 0.15) is 11.9 Å². The van der Waals surface area contributed by atoms with Gasteiger partial charge in [0.15, 0.2) is 0 Å². The Bertz CT molecular complexity index is 1390. The van der Waals surface area contributed by atoms with Crippen LogP contribution in [0.25, 0.3) is 0 Å². The number of carbonyl (C=O) groups is 3. The fourth-order valence-corrected chi connectivity index (χ4v) is 4.92. The number of esters is 1. The van der Waals surface area contributed by atoms with Gasteiger partial charge in [0.2, 0.25) is 5.91 Å². The van der Waals surface area contributed by atoms with Crippen molar-refractivity contribution in [1.82, 2.24) is 10.2 Å². The van der Waals surface area contributed by atoms with E-state index < -0.39 is 24.0 Å². The Morgan fingerprint density at radius 3 is 2.19 bits per heavy atom. The van der Waals surface area contributed by atoms with Crippen molar-refractivity contribution in [1.29, 1.82) is 0 Å². The highest BCUT2D eigenvalue weighted by atomic mass is 16.5. The van der Waals surface area contributed by atoms with Crippen LogP contribution in [0.1, 0.15) is 74.5 Å². The second-order valence-corrected chi connectivity index (χ2v) is 10.7. The number of methoxy groups -OCH3 is 1. The van der Waals surface area contributed by atoms with Gasteiger partial charge < -0.3 is 31.2 Å². The molecule has 0 aromatic heterocycles. The van der Waals surface area contributed by atoms with Gasteiger partial charge in [-0.25, -0.2) is 4.79 Å². The van der Waals surface area contributed by atoms with Crippen LogP contribution < -0.4 is 21.5 Å². The molecular weight excluding hydrogens is 544 g/mol. The summed E-state index contributed by atoms with van der Waals surface area (Å²) in [6.07, 6.45) is 1.32. The molecule has 3 rings (SSSR count). The number of ether oxygens (including phenoxy) is 2. The third-order valence-corrected chi connectivity index (χ3v) is 7.07. The molecule has 2 atom stereocenters. The fraction of sp³-hybridized carbons (Fsp3) is 0.382. The largest absolute Gasteiger partial charge is 0.497 e. The number of hydrogen-bond donors (Lipinski definition) is 3.